The molecule has 0 aliphatic heterocycles. The maximum absolute atomic E-state index is 10.6. The van der Waals surface area contributed by atoms with Crippen molar-refractivity contribution >= 4 is 16.9 Å². The smallest absolute Gasteiger partial charge is 0.269 e. The fraction of sp³-hybridized carbons (Fsp3) is 0.0625. The van der Waals surface area contributed by atoms with Crippen LogP contribution in [0.15, 0.2) is 55.1 Å². The van der Waals surface area contributed by atoms with Gasteiger partial charge in [-0.1, -0.05) is 12.6 Å². The maximum atomic E-state index is 10.6. The number of nitriles is 1. The summed E-state index contributed by atoms with van der Waals surface area (Å²) in [5, 5.41) is 22.6. The molecule has 2 aromatic rings. The van der Waals surface area contributed by atoms with Crippen LogP contribution in [-0.2, 0) is 0 Å². The average Bonchev–Trinajstić information content (AvgIpc) is 2.53. The van der Waals surface area contributed by atoms with Crippen LogP contribution in [-0.4, -0.2) is 11.5 Å². The third-order valence-electron chi connectivity index (χ3n) is 2.98. The molecule has 0 unspecified atom stereocenters. The minimum atomic E-state index is -0.432. The lowest BCUT2D eigenvalue weighted by atomic mass is 10.1. The van der Waals surface area contributed by atoms with Crippen molar-refractivity contribution in [3.8, 4) is 6.07 Å². The largest absolute Gasteiger partial charge is 0.381 e. The molecule has 21 heavy (non-hydrogen) atoms. The summed E-state index contributed by atoms with van der Waals surface area (Å²) in [4.78, 5) is 10.2. The van der Waals surface area contributed by atoms with E-state index in [1.54, 1.807) is 30.3 Å². The molecule has 0 radical (unpaired) electrons. The van der Waals surface area contributed by atoms with Crippen LogP contribution >= 0.6 is 0 Å². The van der Waals surface area contributed by atoms with E-state index in [2.05, 4.69) is 18.0 Å². The van der Waals surface area contributed by atoms with Gasteiger partial charge >= 0.3 is 0 Å². The zero-order chi connectivity index (χ0) is 15.2. The van der Waals surface area contributed by atoms with Gasteiger partial charge in [0.2, 0.25) is 0 Å². The Balaban J connectivity index is 2.01. The minimum absolute atomic E-state index is 0.0567. The quantitative estimate of drug-likeness (QED) is 0.670. The second-order valence-electron chi connectivity index (χ2n) is 4.45. The highest BCUT2D eigenvalue weighted by atomic mass is 16.6. The van der Waals surface area contributed by atoms with E-state index in [9.17, 15) is 10.1 Å². The standard InChI is InChI=1S/C16H13N3O2/c1-12(14-5-7-16(8-6-14)19(20)21)11-18-15-4-2-3-13(9-15)10-17/h2-9,18H,1,11H2. The summed E-state index contributed by atoms with van der Waals surface area (Å²) >= 11 is 0. The molecular formula is C16H13N3O2. The van der Waals surface area contributed by atoms with Crippen molar-refractivity contribution in [3.63, 3.8) is 0 Å². The number of nitro benzene ring substituents is 1. The Labute approximate surface area is 122 Å². The number of hydrogen-bond donors (Lipinski definition) is 1. The molecule has 0 heterocycles. The first-order valence-corrected chi connectivity index (χ1v) is 6.27. The number of nitrogens with zero attached hydrogens (tertiary/aromatic N) is 2. The zero-order valence-electron chi connectivity index (χ0n) is 11.2. The lowest BCUT2D eigenvalue weighted by Crippen LogP contribution is -2.03. The van der Waals surface area contributed by atoms with Crippen molar-refractivity contribution in [2.45, 2.75) is 0 Å². The summed E-state index contributed by atoms with van der Waals surface area (Å²) in [6, 6.07) is 15.5. The summed E-state index contributed by atoms with van der Waals surface area (Å²) in [6.07, 6.45) is 0. The van der Waals surface area contributed by atoms with E-state index in [0.717, 1.165) is 16.8 Å². The molecule has 0 aliphatic carbocycles. The normalized spacial score (nSPS) is 9.67. The minimum Gasteiger partial charge on any atom is -0.381 e. The molecule has 2 rings (SSSR count). The SMILES string of the molecule is C=C(CNc1cccc(C#N)c1)c1ccc([N+](=O)[O-])cc1. The second-order valence-corrected chi connectivity index (χ2v) is 4.45. The van der Waals surface area contributed by atoms with Crippen LogP contribution in [0.5, 0.6) is 0 Å². The number of rotatable bonds is 5. The fourth-order valence-corrected chi connectivity index (χ4v) is 1.83. The van der Waals surface area contributed by atoms with E-state index in [1.807, 2.05) is 6.07 Å². The number of nitro groups is 1. The first kappa shape index (κ1) is 14.3. The Morgan fingerprint density at radius 2 is 2.00 bits per heavy atom. The zero-order valence-corrected chi connectivity index (χ0v) is 11.2. The number of benzene rings is 2. The topological polar surface area (TPSA) is 79.0 Å². The third-order valence-corrected chi connectivity index (χ3v) is 2.98. The molecule has 104 valence electrons. The van der Waals surface area contributed by atoms with Gasteiger partial charge in [0.05, 0.1) is 16.6 Å². The van der Waals surface area contributed by atoms with Crippen molar-refractivity contribution in [1.82, 2.24) is 0 Å². The Morgan fingerprint density at radius 1 is 1.29 bits per heavy atom. The molecule has 0 aromatic heterocycles. The van der Waals surface area contributed by atoms with Crippen LogP contribution < -0.4 is 5.32 Å². The van der Waals surface area contributed by atoms with Crippen LogP contribution in [0, 0.1) is 21.4 Å². The van der Waals surface area contributed by atoms with Crippen LogP contribution in [0.2, 0.25) is 0 Å². The van der Waals surface area contributed by atoms with Crippen LogP contribution in [0.4, 0.5) is 11.4 Å². The Hall–Kier alpha value is -3.13. The Bertz CT molecular complexity index is 715. The first-order chi connectivity index (χ1) is 10.1. The molecular weight excluding hydrogens is 266 g/mol. The van der Waals surface area contributed by atoms with Gasteiger partial charge < -0.3 is 5.32 Å². The number of nitrogens with one attached hydrogen (secondary N) is 1. The lowest BCUT2D eigenvalue weighted by molar-refractivity contribution is -0.384. The molecule has 1 N–H and O–H groups in total. The maximum Gasteiger partial charge on any atom is 0.269 e. The van der Waals surface area contributed by atoms with Crippen molar-refractivity contribution in [2.24, 2.45) is 0 Å². The molecule has 2 aromatic carbocycles. The predicted octanol–water partition coefficient (Wildman–Crippen LogP) is 3.59. The van der Waals surface area contributed by atoms with E-state index < -0.39 is 4.92 Å². The molecule has 0 atom stereocenters. The molecule has 0 aliphatic rings. The monoisotopic (exact) mass is 279 g/mol. The van der Waals surface area contributed by atoms with Gasteiger partial charge in [0, 0.05) is 24.4 Å². The van der Waals surface area contributed by atoms with Crippen LogP contribution in [0.1, 0.15) is 11.1 Å². The van der Waals surface area contributed by atoms with Gasteiger partial charge in [-0.25, -0.2) is 0 Å². The second kappa shape index (κ2) is 6.35. The van der Waals surface area contributed by atoms with E-state index in [1.165, 1.54) is 12.1 Å². The van der Waals surface area contributed by atoms with Crippen LogP contribution in [0.3, 0.4) is 0 Å². The van der Waals surface area contributed by atoms with Crippen molar-refractivity contribution in [1.29, 1.82) is 5.26 Å². The lowest BCUT2D eigenvalue weighted by Gasteiger charge is -2.09. The number of anilines is 1. The first-order valence-electron chi connectivity index (χ1n) is 6.27. The van der Waals surface area contributed by atoms with Gasteiger partial charge in [-0.05, 0) is 41.5 Å². The molecule has 5 heteroatoms. The highest BCUT2D eigenvalue weighted by Gasteiger charge is 2.05. The molecule has 0 fully saturated rings. The summed E-state index contributed by atoms with van der Waals surface area (Å²) in [6.45, 7) is 4.45. The van der Waals surface area contributed by atoms with E-state index >= 15 is 0 Å². The molecule has 0 spiro atoms. The van der Waals surface area contributed by atoms with Gasteiger partial charge in [0.15, 0.2) is 0 Å². The molecule has 0 amide bonds. The van der Waals surface area contributed by atoms with Gasteiger partial charge in [-0.3, -0.25) is 10.1 Å². The molecule has 5 nitrogen and oxygen atoms in total. The summed E-state index contributed by atoms with van der Waals surface area (Å²) in [5.41, 5.74) is 3.12. The Morgan fingerprint density at radius 3 is 2.62 bits per heavy atom. The molecule has 0 saturated carbocycles. The van der Waals surface area contributed by atoms with Gasteiger partial charge in [-0.15, -0.1) is 0 Å². The van der Waals surface area contributed by atoms with Crippen molar-refractivity contribution in [3.05, 3.63) is 76.4 Å². The molecule has 0 saturated heterocycles. The van der Waals surface area contributed by atoms with Crippen molar-refractivity contribution < 1.29 is 4.92 Å². The highest BCUT2D eigenvalue weighted by Crippen LogP contribution is 2.18. The average molecular weight is 279 g/mol. The van der Waals surface area contributed by atoms with E-state index in [-0.39, 0.29) is 5.69 Å². The number of non-ortho nitro benzene ring substituents is 1. The van der Waals surface area contributed by atoms with Gasteiger partial charge in [-0.2, -0.15) is 5.26 Å². The fourth-order valence-electron chi connectivity index (χ4n) is 1.83. The summed E-state index contributed by atoms with van der Waals surface area (Å²) in [7, 11) is 0. The van der Waals surface area contributed by atoms with Crippen molar-refractivity contribution in [2.75, 3.05) is 11.9 Å². The Kier molecular flexibility index (Phi) is 4.32. The van der Waals surface area contributed by atoms with Crippen LogP contribution in [0.25, 0.3) is 5.57 Å². The summed E-state index contributed by atoms with van der Waals surface area (Å²) in [5.74, 6) is 0. The molecule has 0 bridgehead atoms. The highest BCUT2D eigenvalue weighted by molar-refractivity contribution is 5.68. The van der Waals surface area contributed by atoms with E-state index in [4.69, 9.17) is 5.26 Å². The number of hydrogen-bond acceptors (Lipinski definition) is 4. The van der Waals surface area contributed by atoms with Gasteiger partial charge in [0.1, 0.15) is 0 Å². The summed E-state index contributed by atoms with van der Waals surface area (Å²) < 4.78 is 0. The van der Waals surface area contributed by atoms with E-state index in [0.29, 0.717) is 12.1 Å². The van der Waals surface area contributed by atoms with Gasteiger partial charge in [0.25, 0.3) is 5.69 Å². The third kappa shape index (κ3) is 3.67. The predicted molar refractivity (Wildman–Crippen MR) is 81.8 cm³/mol.